The smallest absolute Gasteiger partial charge is 0.416 e. The number of amides is 8. The van der Waals surface area contributed by atoms with Crippen LogP contribution in [0.15, 0.2) is 135 Å². The third-order valence-corrected chi connectivity index (χ3v) is 23.5. The minimum Gasteiger partial charge on any atom is -0.458 e. The molecule has 40 heteroatoms. The molecule has 8 saturated heterocycles. The monoisotopic (exact) mass is 1650 g/mol. The summed E-state index contributed by atoms with van der Waals surface area (Å²) in [5.41, 5.74) is 6.43. The number of carbonyl (C=O) groups excluding carboxylic acids is 4. The van der Waals surface area contributed by atoms with Gasteiger partial charge in [0.05, 0.1) is 97.6 Å². The fourth-order valence-electron chi connectivity index (χ4n) is 17.5. The number of ether oxygens (including phenoxy) is 3. The molecule has 630 valence electrons. The van der Waals surface area contributed by atoms with Gasteiger partial charge in [0.1, 0.15) is 29.4 Å². The van der Waals surface area contributed by atoms with Crippen molar-refractivity contribution in [2.45, 2.75) is 108 Å². The molecule has 37 nitrogen and oxygen atoms in total. The largest absolute Gasteiger partial charge is 0.458 e. The van der Waals surface area contributed by atoms with Crippen LogP contribution in [0, 0.1) is 6.92 Å². The molecule has 0 radical (unpaired) electrons. The first kappa shape index (κ1) is 79.3. The standard InChI is InChI=1S/C24H25N7O3.C19H20F3N7O2.2C19H24N8O/c1-15-2-3-16(12-26-15)19-4-5-20-22(27-19)31(17-7-10-30(20)13-17)24(32)29-21-6-9-25-23(28-21)34-18-8-11-33-14-18;20-19(21,22)14-11-28(7-8-31-14)16-2-1-13-17(26-16)29(12-3-6-27(13)10-12)18(30)25-15-9-23-4-5-24-15;1-13-11-26(9-7-21-13)17-3-2-15-18(24-17)27(14-4-8-25(15)12-14)19(28)23-16-10-20-5-6-22-16;1-13-10-21-7-9-26(13)17-3-2-15-18(24-17)27(14-4-8-25(15)12-14)19(28)23-16-11-20-5-6-22-16/h2-6,9,12,17-18H,7-8,10-11,13-14H2,1H3,(H,25,28,29,32);1-2,4-5,9,12,14H,3,6-8,10-11H2,(H,24,25,30);2-3,5-6,10,13-14,21H,4,7-9,11-12H2,1H3,(H,22,23,28);2-3,5-6,11,13-14,21H,4,7-10,12H2,1H3,(H,22,23,28)/t17-,18-;12-,14-;13-,14+;13-,14-/m0010/s1. The Kier molecular flexibility index (Phi) is 22.6. The van der Waals surface area contributed by atoms with Gasteiger partial charge >= 0.3 is 36.3 Å². The molecule has 8 fully saturated rings. The lowest BCUT2D eigenvalue weighted by molar-refractivity contribution is -0.221. The average molecular weight is 1660 g/mol. The minimum atomic E-state index is -4.44. The van der Waals surface area contributed by atoms with Crippen LogP contribution in [0.5, 0.6) is 6.01 Å². The van der Waals surface area contributed by atoms with Crippen molar-refractivity contribution in [1.29, 1.82) is 0 Å². The van der Waals surface area contributed by atoms with Gasteiger partial charge in [-0.25, -0.2) is 59.0 Å². The van der Waals surface area contributed by atoms with Crippen LogP contribution in [-0.4, -0.2) is 268 Å². The fourth-order valence-corrected chi connectivity index (χ4v) is 17.5. The first-order valence-corrected chi connectivity index (χ1v) is 41.1. The molecule has 0 aliphatic carbocycles. The number of piperazine rings is 2. The summed E-state index contributed by atoms with van der Waals surface area (Å²) >= 11 is 0. The quantitative estimate of drug-likeness (QED) is 0.0757. The van der Waals surface area contributed by atoms with E-state index in [4.69, 9.17) is 29.2 Å². The molecule has 21 heterocycles. The molecule has 0 aromatic carbocycles. The number of pyridine rings is 5. The number of morpholine rings is 1. The summed E-state index contributed by atoms with van der Waals surface area (Å²) in [6.45, 7) is 19.6. The van der Waals surface area contributed by atoms with E-state index in [2.05, 4.69) is 149 Å². The number of fused-ring (bicyclic) bond motifs is 16. The van der Waals surface area contributed by atoms with Gasteiger partial charge in [-0.15, -0.1) is 0 Å². The van der Waals surface area contributed by atoms with Crippen molar-refractivity contribution in [1.82, 2.24) is 75.4 Å². The highest BCUT2D eigenvalue weighted by atomic mass is 19.4. The molecule has 9 aromatic heterocycles. The van der Waals surface area contributed by atoms with E-state index in [1.807, 2.05) is 53.3 Å². The zero-order chi connectivity index (χ0) is 82.8. The molecule has 8 bridgehead atoms. The van der Waals surface area contributed by atoms with Gasteiger partial charge < -0.3 is 59.1 Å². The topological polar surface area (TPSA) is 371 Å². The van der Waals surface area contributed by atoms with Gasteiger partial charge in [-0.3, -0.25) is 60.8 Å². The highest BCUT2D eigenvalue weighted by Gasteiger charge is 2.48. The normalized spacial score (nSPS) is 22.6. The van der Waals surface area contributed by atoms with Crippen molar-refractivity contribution in [2.24, 2.45) is 0 Å². The van der Waals surface area contributed by atoms with Crippen LogP contribution >= 0.6 is 0 Å². The summed E-state index contributed by atoms with van der Waals surface area (Å²) in [6, 6.07) is 21.7. The number of alkyl halides is 3. The maximum atomic E-state index is 13.5. The highest BCUT2D eigenvalue weighted by Crippen LogP contribution is 2.46. The van der Waals surface area contributed by atoms with Crippen LogP contribution in [0.2, 0.25) is 0 Å². The number of rotatable bonds is 10. The zero-order valence-corrected chi connectivity index (χ0v) is 67.0. The molecule has 21 rings (SSSR count). The Labute approximate surface area is 694 Å². The SMILES string of the molecule is C[C@@H]1CN(c2ccc3c(n2)N(C(=O)Nc2cnccn2)[C@H]2CCN3C2)CCN1.C[C@H]1CNCCN1c1ccc2c(n1)N(C(=O)Nc1cnccn1)[C@H]1CCN2C1.Cc1ccc(-c2ccc3c(n2)N(C(=O)Nc2ccnc(O[C@H]4CCOC4)n2)[C@H]2CCN3C2)cn1.O=C(Nc1cnccn1)N1c2nc(N3CCO[C@H](C(F)(F)F)C3)ccc2N2CC[C@H]1C2. The summed E-state index contributed by atoms with van der Waals surface area (Å²) in [5.74, 6) is 6.37. The van der Waals surface area contributed by atoms with E-state index in [0.717, 1.165) is 180 Å². The van der Waals surface area contributed by atoms with Gasteiger partial charge in [0, 0.05) is 178 Å². The number of hydrogen-bond acceptors (Lipinski definition) is 29. The molecule has 0 unspecified atom stereocenters. The Balaban J connectivity index is 0.000000111. The van der Waals surface area contributed by atoms with E-state index in [1.165, 1.54) is 18.6 Å². The second kappa shape index (κ2) is 34.5. The summed E-state index contributed by atoms with van der Waals surface area (Å²) < 4.78 is 55.4. The van der Waals surface area contributed by atoms with Crippen molar-refractivity contribution in [3.8, 4) is 17.3 Å². The number of nitrogens with one attached hydrogen (secondary N) is 6. The van der Waals surface area contributed by atoms with Crippen molar-refractivity contribution >= 4 is 111 Å². The molecule has 6 N–H and O–H groups in total. The summed E-state index contributed by atoms with van der Waals surface area (Å²) in [6.07, 6.45) is 15.2. The molecule has 0 saturated carbocycles. The van der Waals surface area contributed by atoms with Crippen molar-refractivity contribution in [3.05, 3.63) is 141 Å². The predicted octanol–water partition coefficient (Wildman–Crippen LogP) is 7.91. The number of aryl methyl sites for hydroxylation is 1. The number of hydrogen-bond donors (Lipinski definition) is 6. The summed E-state index contributed by atoms with van der Waals surface area (Å²) in [4.78, 5) is 132. The van der Waals surface area contributed by atoms with E-state index in [1.54, 1.807) is 70.2 Å². The van der Waals surface area contributed by atoms with Crippen molar-refractivity contribution in [3.63, 3.8) is 0 Å². The van der Waals surface area contributed by atoms with Gasteiger partial charge in [-0.05, 0) is 113 Å². The Hall–Kier alpha value is -12.8. The Bertz CT molecular complexity index is 5220. The maximum Gasteiger partial charge on any atom is 0.416 e. The van der Waals surface area contributed by atoms with Crippen LogP contribution in [0.3, 0.4) is 0 Å². The lowest BCUT2D eigenvalue weighted by Crippen LogP contribution is -2.51. The third kappa shape index (κ3) is 17.1. The summed E-state index contributed by atoms with van der Waals surface area (Å²) in [7, 11) is 0. The van der Waals surface area contributed by atoms with Gasteiger partial charge in [0.2, 0.25) is 0 Å². The van der Waals surface area contributed by atoms with Crippen LogP contribution in [0.1, 0.15) is 51.6 Å². The zero-order valence-electron chi connectivity index (χ0n) is 67.0. The number of nitrogens with zero attached hydrogens (tertiary/aromatic N) is 24. The number of anilines is 15. The van der Waals surface area contributed by atoms with Gasteiger partial charge in [0.15, 0.2) is 46.8 Å². The van der Waals surface area contributed by atoms with Crippen molar-refractivity contribution < 1.29 is 46.6 Å². The third-order valence-electron chi connectivity index (χ3n) is 23.5. The Morgan fingerprint density at radius 2 is 0.959 bits per heavy atom. The maximum absolute atomic E-state index is 13.5. The number of urea groups is 4. The Morgan fingerprint density at radius 1 is 0.463 bits per heavy atom. The van der Waals surface area contributed by atoms with Gasteiger partial charge in [-0.1, -0.05) is 0 Å². The van der Waals surface area contributed by atoms with E-state index < -0.39 is 18.3 Å². The average Bonchev–Trinajstić information content (AvgIpc) is 1.68. The number of aromatic nitrogens is 13. The molecule has 121 heavy (non-hydrogen) atoms. The fraction of sp³-hybridized carbons (Fsp3) is 0.444. The molecular weight excluding hydrogens is 1560 g/mol. The molecule has 8 amide bonds. The van der Waals surface area contributed by atoms with E-state index in [9.17, 15) is 32.3 Å². The molecular formula is C81H93F3N30O7. The van der Waals surface area contributed by atoms with Gasteiger partial charge in [0.25, 0.3) is 0 Å². The van der Waals surface area contributed by atoms with Crippen LogP contribution in [0.25, 0.3) is 11.3 Å². The molecule has 0 spiro atoms. The lowest BCUT2D eigenvalue weighted by atomic mass is 10.1. The van der Waals surface area contributed by atoms with E-state index in [0.29, 0.717) is 72.6 Å². The van der Waals surface area contributed by atoms with Crippen LogP contribution < -0.4 is 90.5 Å². The minimum absolute atomic E-state index is 0.0413. The second-order valence-electron chi connectivity index (χ2n) is 31.5. The number of halogens is 3. The lowest BCUT2D eigenvalue weighted by Gasteiger charge is -2.38. The summed E-state index contributed by atoms with van der Waals surface area (Å²) in [5, 5.41) is 18.3. The van der Waals surface area contributed by atoms with E-state index >= 15 is 0 Å². The first-order valence-electron chi connectivity index (χ1n) is 41.1. The van der Waals surface area contributed by atoms with Gasteiger partial charge in [-0.2, -0.15) is 18.2 Å². The van der Waals surface area contributed by atoms with Crippen LogP contribution in [0.4, 0.5) is 119 Å². The van der Waals surface area contributed by atoms with E-state index in [-0.39, 0.29) is 74.1 Å². The Morgan fingerprint density at radius 3 is 1.43 bits per heavy atom. The highest BCUT2D eigenvalue weighted by molar-refractivity contribution is 6.07. The molecule has 9 aromatic rings. The van der Waals surface area contributed by atoms with Crippen molar-refractivity contribution in [2.75, 3.05) is 200 Å². The van der Waals surface area contributed by atoms with Crippen LogP contribution in [-0.2, 0) is 9.47 Å². The molecule has 12 aliphatic rings. The predicted molar refractivity (Wildman–Crippen MR) is 449 cm³/mol. The number of carbonyl (C=O) groups is 4. The molecule has 12 aliphatic heterocycles. The first-order chi connectivity index (χ1) is 58.9. The molecule has 8 atom stereocenters. The second-order valence-corrected chi connectivity index (χ2v) is 31.5.